The molecule has 4 rings (SSSR count). The molecule has 2 aromatic carbocycles. The number of carbonyl (C=O) groups excluding carboxylic acids is 1. The van der Waals surface area contributed by atoms with E-state index in [1.807, 2.05) is 6.08 Å². The molecule has 0 heterocycles. The van der Waals surface area contributed by atoms with Gasteiger partial charge in [0, 0.05) is 0 Å². The van der Waals surface area contributed by atoms with Gasteiger partial charge in [0.2, 0.25) is 6.08 Å². The van der Waals surface area contributed by atoms with E-state index in [9.17, 15) is 4.79 Å². The largest absolute Gasteiger partial charge is 0.235 e. The van der Waals surface area contributed by atoms with Gasteiger partial charge in [0.1, 0.15) is 0 Å². The Morgan fingerprint density at radius 3 is 2.50 bits per heavy atom. The quantitative estimate of drug-likeness (QED) is 0.494. The zero-order valence-corrected chi connectivity index (χ0v) is 12.6. The van der Waals surface area contributed by atoms with Crippen molar-refractivity contribution in [3.63, 3.8) is 0 Å². The highest BCUT2D eigenvalue weighted by atomic mass is 16.1. The van der Waals surface area contributed by atoms with Gasteiger partial charge >= 0.3 is 0 Å². The third-order valence-corrected chi connectivity index (χ3v) is 5.29. The van der Waals surface area contributed by atoms with Crippen molar-refractivity contribution in [2.75, 3.05) is 0 Å². The Kier molecular flexibility index (Phi) is 3.20. The Bertz CT molecular complexity index is 765. The molecule has 0 spiro atoms. The Labute approximate surface area is 130 Å². The van der Waals surface area contributed by atoms with Crippen LogP contribution in [0.1, 0.15) is 48.8 Å². The summed E-state index contributed by atoms with van der Waals surface area (Å²) in [7, 11) is 0. The molecule has 0 unspecified atom stereocenters. The molecule has 2 aromatic rings. The van der Waals surface area contributed by atoms with E-state index < -0.39 is 0 Å². The van der Waals surface area contributed by atoms with Crippen molar-refractivity contribution in [1.82, 2.24) is 0 Å². The van der Waals surface area contributed by atoms with Crippen molar-refractivity contribution in [2.45, 2.75) is 44.1 Å². The van der Waals surface area contributed by atoms with Crippen LogP contribution in [-0.2, 0) is 16.8 Å². The lowest BCUT2D eigenvalue weighted by Gasteiger charge is -2.34. The number of benzene rings is 2. The van der Waals surface area contributed by atoms with Crippen molar-refractivity contribution in [3.05, 3.63) is 59.2 Å². The molecule has 0 amide bonds. The Balaban J connectivity index is 1.89. The fourth-order valence-corrected chi connectivity index (χ4v) is 4.26. The molecule has 0 N–H and O–H groups in total. The molecule has 0 aliphatic heterocycles. The fraction of sp³-hybridized carbons (Fsp3) is 0.350. The monoisotopic (exact) mass is 289 g/mol. The number of hydrogen-bond acceptors (Lipinski definition) is 2. The fourth-order valence-electron chi connectivity index (χ4n) is 4.26. The third kappa shape index (κ3) is 1.95. The zero-order chi connectivity index (χ0) is 15.0. The highest BCUT2D eigenvalue weighted by molar-refractivity contribution is 5.78. The second-order valence-corrected chi connectivity index (χ2v) is 6.46. The molecule has 2 heteroatoms. The van der Waals surface area contributed by atoms with E-state index in [2.05, 4.69) is 47.5 Å². The van der Waals surface area contributed by atoms with E-state index in [-0.39, 0.29) is 5.54 Å². The summed E-state index contributed by atoms with van der Waals surface area (Å²) in [4.78, 5) is 15.4. The van der Waals surface area contributed by atoms with Crippen LogP contribution in [0.5, 0.6) is 0 Å². The van der Waals surface area contributed by atoms with Crippen LogP contribution in [0.15, 0.2) is 47.5 Å². The average molecular weight is 289 g/mol. The highest BCUT2D eigenvalue weighted by Crippen LogP contribution is 2.47. The third-order valence-electron chi connectivity index (χ3n) is 5.29. The second-order valence-electron chi connectivity index (χ2n) is 6.46. The summed E-state index contributed by atoms with van der Waals surface area (Å²) >= 11 is 0. The molecule has 2 nitrogen and oxygen atoms in total. The van der Waals surface area contributed by atoms with E-state index in [1.165, 1.54) is 34.2 Å². The van der Waals surface area contributed by atoms with Crippen molar-refractivity contribution in [1.29, 1.82) is 0 Å². The average Bonchev–Trinajstić information content (AvgIpc) is 2.94. The standard InChI is InChI=1S/C20H19NO/c22-14-21-20(11-4-1-5-12-20)19-10-6-9-17-16-8-3-2-7-15(16)13-18(17)19/h2-3,6-10H,1,4-5,11-13H2. The van der Waals surface area contributed by atoms with Gasteiger partial charge in [-0.1, -0.05) is 61.7 Å². The van der Waals surface area contributed by atoms with Crippen molar-refractivity contribution in [2.24, 2.45) is 4.99 Å². The maximum Gasteiger partial charge on any atom is 0.235 e. The molecule has 1 fully saturated rings. The molecule has 110 valence electrons. The lowest BCUT2D eigenvalue weighted by atomic mass is 9.75. The highest BCUT2D eigenvalue weighted by Gasteiger charge is 2.37. The summed E-state index contributed by atoms with van der Waals surface area (Å²) in [5.41, 5.74) is 6.31. The van der Waals surface area contributed by atoms with E-state index >= 15 is 0 Å². The van der Waals surface area contributed by atoms with Crippen LogP contribution in [0.2, 0.25) is 0 Å². The SMILES string of the molecule is O=C=NC1(c2cccc3c2Cc2ccccc2-3)CCCCC1. The van der Waals surface area contributed by atoms with Crippen LogP contribution in [0.25, 0.3) is 11.1 Å². The van der Waals surface area contributed by atoms with Crippen molar-refractivity contribution < 1.29 is 4.79 Å². The first kappa shape index (κ1) is 13.5. The van der Waals surface area contributed by atoms with Gasteiger partial charge in [0.15, 0.2) is 0 Å². The van der Waals surface area contributed by atoms with E-state index in [0.717, 1.165) is 32.1 Å². The first-order valence-electron chi connectivity index (χ1n) is 8.14. The van der Waals surface area contributed by atoms with Crippen LogP contribution in [0, 0.1) is 0 Å². The van der Waals surface area contributed by atoms with Gasteiger partial charge in [0.25, 0.3) is 0 Å². The molecule has 2 aliphatic carbocycles. The van der Waals surface area contributed by atoms with Crippen LogP contribution >= 0.6 is 0 Å². The molecule has 22 heavy (non-hydrogen) atoms. The number of aliphatic imine (C=N–C) groups is 1. The summed E-state index contributed by atoms with van der Waals surface area (Å²) in [6.45, 7) is 0. The van der Waals surface area contributed by atoms with E-state index in [1.54, 1.807) is 0 Å². The van der Waals surface area contributed by atoms with Gasteiger partial charge in [-0.25, -0.2) is 4.79 Å². The molecule has 2 aliphatic rings. The van der Waals surface area contributed by atoms with Gasteiger partial charge < -0.3 is 0 Å². The van der Waals surface area contributed by atoms with Crippen LogP contribution < -0.4 is 0 Å². The minimum absolute atomic E-state index is 0.340. The molecule has 0 atom stereocenters. The molecule has 1 saturated carbocycles. The Morgan fingerprint density at radius 2 is 1.68 bits per heavy atom. The summed E-state index contributed by atoms with van der Waals surface area (Å²) in [5, 5.41) is 0. The van der Waals surface area contributed by atoms with Crippen molar-refractivity contribution in [3.8, 4) is 11.1 Å². The normalized spacial score (nSPS) is 18.2. The number of fused-ring (bicyclic) bond motifs is 3. The smallest absolute Gasteiger partial charge is 0.211 e. The van der Waals surface area contributed by atoms with Gasteiger partial charge in [-0.2, -0.15) is 4.99 Å². The summed E-state index contributed by atoms with van der Waals surface area (Å²) < 4.78 is 0. The topological polar surface area (TPSA) is 29.4 Å². The maximum absolute atomic E-state index is 11.1. The van der Waals surface area contributed by atoms with Crippen LogP contribution in [0.4, 0.5) is 0 Å². The van der Waals surface area contributed by atoms with E-state index in [0.29, 0.717) is 0 Å². The first-order chi connectivity index (χ1) is 10.8. The minimum atomic E-state index is -0.340. The molecular weight excluding hydrogens is 270 g/mol. The van der Waals surface area contributed by atoms with E-state index in [4.69, 9.17) is 0 Å². The lowest BCUT2D eigenvalue weighted by molar-refractivity contribution is 0.302. The second kappa shape index (κ2) is 5.23. The Hall–Kier alpha value is -2.18. The molecule has 0 bridgehead atoms. The van der Waals surface area contributed by atoms with Gasteiger partial charge in [-0.15, -0.1) is 0 Å². The minimum Gasteiger partial charge on any atom is -0.211 e. The predicted octanol–water partition coefficient (Wildman–Crippen LogP) is 4.75. The summed E-state index contributed by atoms with van der Waals surface area (Å²) in [6.07, 6.45) is 8.28. The number of nitrogens with zero attached hydrogens (tertiary/aromatic N) is 1. The molecular formula is C20H19NO. The van der Waals surface area contributed by atoms with Gasteiger partial charge in [0.05, 0.1) is 5.54 Å². The van der Waals surface area contributed by atoms with Crippen molar-refractivity contribution >= 4 is 6.08 Å². The lowest BCUT2D eigenvalue weighted by Crippen LogP contribution is -2.28. The molecule has 0 radical (unpaired) electrons. The molecule has 0 aromatic heterocycles. The van der Waals surface area contributed by atoms with Gasteiger partial charge in [-0.05, 0) is 47.1 Å². The summed E-state index contributed by atoms with van der Waals surface area (Å²) in [5.74, 6) is 0. The van der Waals surface area contributed by atoms with Crippen LogP contribution in [-0.4, -0.2) is 6.08 Å². The molecule has 0 saturated heterocycles. The summed E-state index contributed by atoms with van der Waals surface area (Å²) in [6, 6.07) is 15.1. The first-order valence-corrected chi connectivity index (χ1v) is 8.14. The Morgan fingerprint density at radius 1 is 0.909 bits per heavy atom. The van der Waals surface area contributed by atoms with Gasteiger partial charge in [-0.3, -0.25) is 0 Å². The maximum atomic E-state index is 11.1. The number of isocyanates is 1. The zero-order valence-electron chi connectivity index (χ0n) is 12.6. The van der Waals surface area contributed by atoms with Crippen LogP contribution in [0.3, 0.4) is 0 Å². The predicted molar refractivity (Wildman–Crippen MR) is 87.6 cm³/mol. The number of hydrogen-bond donors (Lipinski definition) is 0. The number of rotatable bonds is 2.